The van der Waals surface area contributed by atoms with Gasteiger partial charge in [0.15, 0.2) is 17.7 Å². The van der Waals surface area contributed by atoms with Crippen LogP contribution in [0, 0.1) is 5.82 Å². The molecule has 82 valence electrons. The van der Waals surface area contributed by atoms with E-state index in [4.69, 9.17) is 15.6 Å². The number of benzene rings is 1. The van der Waals surface area contributed by atoms with E-state index in [2.05, 4.69) is 0 Å². The SMILES string of the molecule is NCCC(Oc1ccccc1F)C(=O)O. The zero-order chi connectivity index (χ0) is 11.3. The monoisotopic (exact) mass is 213 g/mol. The molecule has 3 N–H and O–H groups in total. The predicted molar refractivity (Wildman–Crippen MR) is 52.1 cm³/mol. The van der Waals surface area contributed by atoms with E-state index in [0.717, 1.165) is 0 Å². The maximum atomic E-state index is 13.1. The van der Waals surface area contributed by atoms with Crippen LogP contribution in [0.4, 0.5) is 4.39 Å². The van der Waals surface area contributed by atoms with Crippen LogP contribution in [-0.2, 0) is 4.79 Å². The number of carboxylic acids is 1. The van der Waals surface area contributed by atoms with Crippen molar-refractivity contribution in [1.29, 1.82) is 0 Å². The molecule has 1 atom stereocenters. The highest BCUT2D eigenvalue weighted by atomic mass is 19.1. The Kier molecular flexibility index (Phi) is 4.05. The number of nitrogens with two attached hydrogens (primary N) is 1. The molecule has 0 spiro atoms. The Balaban J connectivity index is 2.74. The summed E-state index contributed by atoms with van der Waals surface area (Å²) in [6.07, 6.45) is -0.962. The number of carbonyl (C=O) groups is 1. The molecule has 15 heavy (non-hydrogen) atoms. The normalized spacial score (nSPS) is 12.1. The first-order valence-corrected chi connectivity index (χ1v) is 4.49. The first-order chi connectivity index (χ1) is 7.15. The fraction of sp³-hybridized carbons (Fsp3) is 0.300. The number of para-hydroxylation sites is 1. The average Bonchev–Trinajstić information content (AvgIpc) is 2.20. The lowest BCUT2D eigenvalue weighted by Gasteiger charge is -2.14. The summed E-state index contributed by atoms with van der Waals surface area (Å²) in [5, 5.41) is 8.75. The molecule has 0 aliphatic rings. The lowest BCUT2D eigenvalue weighted by atomic mass is 10.2. The highest BCUT2D eigenvalue weighted by Crippen LogP contribution is 2.17. The van der Waals surface area contributed by atoms with Crippen molar-refractivity contribution in [1.82, 2.24) is 0 Å². The van der Waals surface area contributed by atoms with E-state index in [9.17, 15) is 9.18 Å². The van der Waals surface area contributed by atoms with Crippen LogP contribution in [0.15, 0.2) is 24.3 Å². The van der Waals surface area contributed by atoms with Crippen molar-refractivity contribution < 1.29 is 19.0 Å². The largest absolute Gasteiger partial charge is 0.479 e. The summed E-state index contributed by atoms with van der Waals surface area (Å²) in [5.74, 6) is -1.80. The second kappa shape index (κ2) is 5.31. The summed E-state index contributed by atoms with van der Waals surface area (Å²) < 4.78 is 18.1. The molecule has 1 aromatic rings. The number of hydrogen-bond acceptors (Lipinski definition) is 3. The van der Waals surface area contributed by atoms with Gasteiger partial charge in [-0.15, -0.1) is 0 Å². The molecule has 1 aromatic carbocycles. The molecule has 1 rings (SSSR count). The van der Waals surface area contributed by atoms with Gasteiger partial charge in [-0.25, -0.2) is 9.18 Å². The molecular weight excluding hydrogens is 201 g/mol. The van der Waals surface area contributed by atoms with Gasteiger partial charge in [-0.05, 0) is 18.7 Å². The smallest absolute Gasteiger partial charge is 0.344 e. The number of rotatable bonds is 5. The van der Waals surface area contributed by atoms with Crippen LogP contribution in [0.3, 0.4) is 0 Å². The van der Waals surface area contributed by atoms with Crippen molar-refractivity contribution >= 4 is 5.97 Å². The van der Waals surface area contributed by atoms with Gasteiger partial charge in [0, 0.05) is 6.42 Å². The van der Waals surface area contributed by atoms with Crippen molar-refractivity contribution in [2.45, 2.75) is 12.5 Å². The Morgan fingerprint density at radius 3 is 2.73 bits per heavy atom. The summed E-state index contributed by atoms with van der Waals surface area (Å²) in [4.78, 5) is 10.7. The number of carboxylic acid groups (broad SMARTS) is 1. The van der Waals surface area contributed by atoms with Gasteiger partial charge >= 0.3 is 5.97 Å². The molecule has 5 heteroatoms. The lowest BCUT2D eigenvalue weighted by Crippen LogP contribution is -2.29. The van der Waals surface area contributed by atoms with E-state index >= 15 is 0 Å². The Morgan fingerprint density at radius 2 is 2.20 bits per heavy atom. The molecule has 4 nitrogen and oxygen atoms in total. The van der Waals surface area contributed by atoms with Gasteiger partial charge in [0.1, 0.15) is 0 Å². The molecule has 0 bridgehead atoms. The van der Waals surface area contributed by atoms with Crippen molar-refractivity contribution in [2.24, 2.45) is 5.73 Å². The van der Waals surface area contributed by atoms with Gasteiger partial charge in [0.2, 0.25) is 0 Å². The van der Waals surface area contributed by atoms with Gasteiger partial charge in [0.25, 0.3) is 0 Å². The van der Waals surface area contributed by atoms with Crippen molar-refractivity contribution in [3.05, 3.63) is 30.1 Å². The van der Waals surface area contributed by atoms with Gasteiger partial charge in [-0.1, -0.05) is 12.1 Å². The second-order valence-electron chi connectivity index (χ2n) is 2.95. The highest BCUT2D eigenvalue weighted by molar-refractivity contribution is 5.72. The maximum absolute atomic E-state index is 13.1. The van der Waals surface area contributed by atoms with E-state index in [-0.39, 0.29) is 18.7 Å². The Labute approximate surface area is 86.5 Å². The summed E-state index contributed by atoms with van der Waals surface area (Å²) in [7, 11) is 0. The average molecular weight is 213 g/mol. The molecule has 0 aromatic heterocycles. The fourth-order valence-electron chi connectivity index (χ4n) is 1.08. The summed E-state index contributed by atoms with van der Waals surface area (Å²) in [6.45, 7) is 0.172. The Bertz CT molecular complexity index is 343. The summed E-state index contributed by atoms with van der Waals surface area (Å²) in [6, 6.07) is 5.65. The van der Waals surface area contributed by atoms with Gasteiger partial charge in [-0.2, -0.15) is 0 Å². The van der Waals surface area contributed by atoms with Crippen LogP contribution in [0.25, 0.3) is 0 Å². The first-order valence-electron chi connectivity index (χ1n) is 4.49. The van der Waals surface area contributed by atoms with Crippen LogP contribution >= 0.6 is 0 Å². The van der Waals surface area contributed by atoms with Crippen molar-refractivity contribution in [3.63, 3.8) is 0 Å². The molecule has 0 radical (unpaired) electrons. The second-order valence-corrected chi connectivity index (χ2v) is 2.95. The lowest BCUT2D eigenvalue weighted by molar-refractivity contribution is -0.145. The molecule has 0 aliphatic heterocycles. The molecule has 0 saturated heterocycles. The quantitative estimate of drug-likeness (QED) is 0.765. The van der Waals surface area contributed by atoms with Crippen molar-refractivity contribution in [3.8, 4) is 5.75 Å². The van der Waals surface area contributed by atoms with Gasteiger partial charge < -0.3 is 15.6 Å². The highest BCUT2D eigenvalue weighted by Gasteiger charge is 2.19. The van der Waals surface area contributed by atoms with E-state index in [1.54, 1.807) is 6.07 Å². The third kappa shape index (κ3) is 3.21. The van der Waals surface area contributed by atoms with Crippen LogP contribution in [0.1, 0.15) is 6.42 Å². The van der Waals surface area contributed by atoms with Crippen LogP contribution < -0.4 is 10.5 Å². The summed E-state index contributed by atoms with van der Waals surface area (Å²) in [5.41, 5.74) is 5.22. The maximum Gasteiger partial charge on any atom is 0.344 e. The van der Waals surface area contributed by atoms with Crippen LogP contribution in [0.5, 0.6) is 5.75 Å². The molecule has 0 aliphatic carbocycles. The van der Waals surface area contributed by atoms with E-state index in [1.165, 1.54) is 18.2 Å². The Hall–Kier alpha value is -1.62. The molecule has 1 unspecified atom stereocenters. The van der Waals surface area contributed by atoms with E-state index < -0.39 is 17.9 Å². The van der Waals surface area contributed by atoms with E-state index in [1.807, 2.05) is 0 Å². The van der Waals surface area contributed by atoms with E-state index in [0.29, 0.717) is 0 Å². The topological polar surface area (TPSA) is 72.5 Å². The number of hydrogen-bond donors (Lipinski definition) is 2. The first kappa shape index (κ1) is 11.5. The Morgan fingerprint density at radius 1 is 1.53 bits per heavy atom. The van der Waals surface area contributed by atoms with Crippen molar-refractivity contribution in [2.75, 3.05) is 6.54 Å². The zero-order valence-corrected chi connectivity index (χ0v) is 8.02. The third-order valence-electron chi connectivity index (χ3n) is 1.81. The minimum absolute atomic E-state index is 0.0710. The minimum atomic E-state index is -1.15. The number of halogens is 1. The predicted octanol–water partition coefficient (Wildman–Crippen LogP) is 1.01. The molecule has 0 heterocycles. The number of aliphatic carboxylic acids is 1. The van der Waals surface area contributed by atoms with Gasteiger partial charge in [0.05, 0.1) is 0 Å². The number of ether oxygens (including phenoxy) is 1. The van der Waals surface area contributed by atoms with Crippen LogP contribution in [-0.4, -0.2) is 23.7 Å². The van der Waals surface area contributed by atoms with Gasteiger partial charge in [-0.3, -0.25) is 0 Å². The molecule has 0 saturated carbocycles. The fourth-order valence-corrected chi connectivity index (χ4v) is 1.08. The third-order valence-corrected chi connectivity index (χ3v) is 1.81. The standard InChI is InChI=1S/C10H12FNO3/c11-7-3-1-2-4-8(7)15-9(5-6-12)10(13)14/h1-4,9H,5-6,12H2,(H,13,14). The zero-order valence-electron chi connectivity index (χ0n) is 8.02. The molecular formula is C10H12FNO3. The minimum Gasteiger partial charge on any atom is -0.479 e. The molecule has 0 amide bonds. The molecule has 0 fully saturated rings. The van der Waals surface area contributed by atoms with Crippen LogP contribution in [0.2, 0.25) is 0 Å². The summed E-state index contributed by atoms with van der Waals surface area (Å²) >= 11 is 0.